The molecule has 3 N–H and O–H groups in total. The number of halogens is 1. The monoisotopic (exact) mass is 320 g/mol. The van der Waals surface area contributed by atoms with Gasteiger partial charge in [-0.2, -0.15) is 0 Å². The molecule has 8 heteroatoms. The average Bonchev–Trinajstić information content (AvgIpc) is 2.30. The Hall–Kier alpha value is -1.31. The van der Waals surface area contributed by atoms with Crippen LogP contribution in [0, 0.1) is 0 Å². The molecule has 1 aromatic rings. The molecule has 0 bridgehead atoms. The van der Waals surface area contributed by atoms with Gasteiger partial charge in [0.2, 0.25) is 5.91 Å². The van der Waals surface area contributed by atoms with Crippen molar-refractivity contribution in [3.05, 3.63) is 23.2 Å². The van der Waals surface area contributed by atoms with Crippen molar-refractivity contribution in [1.29, 1.82) is 0 Å². The largest absolute Gasteiger partial charge is 0.490 e. The minimum Gasteiger partial charge on any atom is -0.490 e. The van der Waals surface area contributed by atoms with Crippen LogP contribution in [-0.2, 0) is 14.6 Å². The first-order chi connectivity index (χ1) is 9.19. The Kier molecular flexibility index (Phi) is 5.79. The molecule has 0 saturated heterocycles. The third-order valence-electron chi connectivity index (χ3n) is 2.32. The van der Waals surface area contributed by atoms with Crippen molar-refractivity contribution in [2.24, 2.45) is 5.73 Å². The van der Waals surface area contributed by atoms with Gasteiger partial charge in [-0.05, 0) is 25.1 Å². The Balaban J connectivity index is 2.82. The number of benzene rings is 1. The third kappa shape index (κ3) is 5.77. The Morgan fingerprint density at radius 1 is 1.50 bits per heavy atom. The highest BCUT2D eigenvalue weighted by Gasteiger charge is 2.12. The summed E-state index contributed by atoms with van der Waals surface area (Å²) in [6.45, 7) is 1.53. The van der Waals surface area contributed by atoms with Crippen molar-refractivity contribution in [3.63, 3.8) is 0 Å². The quantitative estimate of drug-likeness (QED) is 0.816. The second kappa shape index (κ2) is 6.92. The predicted octanol–water partition coefficient (Wildman–Crippen LogP) is 1.05. The van der Waals surface area contributed by atoms with Crippen molar-refractivity contribution in [3.8, 4) is 5.75 Å². The summed E-state index contributed by atoms with van der Waals surface area (Å²) >= 11 is 5.85. The zero-order valence-corrected chi connectivity index (χ0v) is 12.8. The lowest BCUT2D eigenvalue weighted by molar-refractivity contribution is -0.117. The first-order valence-electron chi connectivity index (χ1n) is 5.85. The summed E-state index contributed by atoms with van der Waals surface area (Å²) < 4.78 is 27.4. The zero-order chi connectivity index (χ0) is 15.3. The normalized spacial score (nSPS) is 12.8. The Morgan fingerprint density at radius 2 is 2.15 bits per heavy atom. The molecule has 20 heavy (non-hydrogen) atoms. The molecule has 0 aliphatic rings. The SMILES string of the molecule is C[C@H](N)C(=O)Nc1cc(Cl)ccc1OCCS(C)(=O)=O. The van der Waals surface area contributed by atoms with Crippen LogP contribution >= 0.6 is 11.6 Å². The number of amides is 1. The topological polar surface area (TPSA) is 98.5 Å². The number of hydrogen-bond acceptors (Lipinski definition) is 5. The molecule has 6 nitrogen and oxygen atoms in total. The first-order valence-corrected chi connectivity index (χ1v) is 8.29. The van der Waals surface area contributed by atoms with Gasteiger partial charge in [0.25, 0.3) is 0 Å². The van der Waals surface area contributed by atoms with Crippen molar-refractivity contribution in [2.75, 3.05) is 23.9 Å². The summed E-state index contributed by atoms with van der Waals surface area (Å²) in [5.74, 6) is -0.164. The fourth-order valence-corrected chi connectivity index (χ4v) is 1.83. The van der Waals surface area contributed by atoms with E-state index < -0.39 is 15.9 Å². The molecule has 1 amide bonds. The van der Waals surface area contributed by atoms with Gasteiger partial charge in [-0.15, -0.1) is 0 Å². The van der Waals surface area contributed by atoms with Gasteiger partial charge in [0.05, 0.1) is 17.5 Å². The van der Waals surface area contributed by atoms with E-state index in [1.54, 1.807) is 19.1 Å². The second-order valence-electron chi connectivity index (χ2n) is 4.40. The summed E-state index contributed by atoms with van der Waals surface area (Å²) in [4.78, 5) is 11.6. The van der Waals surface area contributed by atoms with Crippen LogP contribution in [-0.4, -0.2) is 39.0 Å². The summed E-state index contributed by atoms with van der Waals surface area (Å²) in [5.41, 5.74) is 5.82. The van der Waals surface area contributed by atoms with E-state index >= 15 is 0 Å². The molecule has 0 heterocycles. The maximum absolute atomic E-state index is 11.6. The van der Waals surface area contributed by atoms with Crippen LogP contribution in [0.25, 0.3) is 0 Å². The van der Waals surface area contributed by atoms with E-state index in [-0.39, 0.29) is 18.3 Å². The molecule has 0 unspecified atom stereocenters. The highest BCUT2D eigenvalue weighted by molar-refractivity contribution is 7.90. The zero-order valence-electron chi connectivity index (χ0n) is 11.2. The van der Waals surface area contributed by atoms with Gasteiger partial charge >= 0.3 is 0 Å². The average molecular weight is 321 g/mol. The standard InChI is InChI=1S/C12H17ClN2O4S/c1-8(14)12(16)15-10-7-9(13)3-4-11(10)19-5-6-20(2,17)18/h3-4,7-8H,5-6,14H2,1-2H3,(H,15,16)/t8-/m0/s1. The molecule has 0 saturated carbocycles. The molecule has 0 aliphatic heterocycles. The van der Waals surface area contributed by atoms with Crippen molar-refractivity contribution < 1.29 is 17.9 Å². The summed E-state index contributed by atoms with van der Waals surface area (Å²) in [6, 6.07) is 3.97. The number of carbonyl (C=O) groups is 1. The Bertz CT molecular complexity index is 587. The second-order valence-corrected chi connectivity index (χ2v) is 7.09. The van der Waals surface area contributed by atoms with E-state index in [1.807, 2.05) is 0 Å². The predicted molar refractivity (Wildman–Crippen MR) is 78.9 cm³/mol. The summed E-state index contributed by atoms with van der Waals surface area (Å²) in [6.07, 6.45) is 1.12. The van der Waals surface area contributed by atoms with E-state index in [0.29, 0.717) is 16.5 Å². The number of sulfone groups is 1. The van der Waals surface area contributed by atoms with Gasteiger partial charge in [0.1, 0.15) is 12.4 Å². The van der Waals surface area contributed by atoms with Crippen molar-refractivity contribution >= 4 is 33.0 Å². The fraction of sp³-hybridized carbons (Fsp3) is 0.417. The van der Waals surface area contributed by atoms with Crippen molar-refractivity contribution in [1.82, 2.24) is 0 Å². The number of nitrogens with one attached hydrogen (secondary N) is 1. The summed E-state index contributed by atoms with van der Waals surface area (Å²) in [5, 5.41) is 2.99. The van der Waals surface area contributed by atoms with Gasteiger partial charge in [0.15, 0.2) is 9.84 Å². The van der Waals surface area contributed by atoms with Crippen LogP contribution in [0.1, 0.15) is 6.92 Å². The lowest BCUT2D eigenvalue weighted by Crippen LogP contribution is -2.32. The Labute approximate surface area is 123 Å². The summed E-state index contributed by atoms with van der Waals surface area (Å²) in [7, 11) is -3.11. The molecular weight excluding hydrogens is 304 g/mol. The molecule has 112 valence electrons. The van der Waals surface area contributed by atoms with E-state index in [9.17, 15) is 13.2 Å². The minimum absolute atomic E-state index is 0.0124. The Morgan fingerprint density at radius 3 is 2.70 bits per heavy atom. The van der Waals surface area contributed by atoms with Gasteiger partial charge < -0.3 is 15.8 Å². The molecular formula is C12H17ClN2O4S. The fourth-order valence-electron chi connectivity index (χ4n) is 1.28. The van der Waals surface area contributed by atoms with Crippen molar-refractivity contribution in [2.45, 2.75) is 13.0 Å². The molecule has 1 rings (SSSR count). The smallest absolute Gasteiger partial charge is 0.241 e. The molecule has 0 spiro atoms. The molecule has 1 atom stereocenters. The number of anilines is 1. The lowest BCUT2D eigenvalue weighted by Gasteiger charge is -2.14. The van der Waals surface area contributed by atoms with E-state index in [4.69, 9.17) is 22.1 Å². The maximum Gasteiger partial charge on any atom is 0.241 e. The number of ether oxygens (including phenoxy) is 1. The molecule has 0 fully saturated rings. The molecule has 0 radical (unpaired) electrons. The van der Waals surface area contributed by atoms with Gasteiger partial charge in [-0.25, -0.2) is 8.42 Å². The van der Waals surface area contributed by atoms with E-state index in [1.165, 1.54) is 6.07 Å². The van der Waals surface area contributed by atoms with Gasteiger partial charge in [-0.3, -0.25) is 4.79 Å². The van der Waals surface area contributed by atoms with Crippen LogP contribution in [0.4, 0.5) is 5.69 Å². The first kappa shape index (κ1) is 16.7. The number of nitrogens with two attached hydrogens (primary N) is 1. The van der Waals surface area contributed by atoms with Crippen LogP contribution < -0.4 is 15.8 Å². The van der Waals surface area contributed by atoms with Crippen LogP contribution in [0.2, 0.25) is 5.02 Å². The molecule has 0 aromatic heterocycles. The maximum atomic E-state index is 11.6. The highest BCUT2D eigenvalue weighted by atomic mass is 35.5. The lowest BCUT2D eigenvalue weighted by atomic mass is 10.2. The number of carbonyl (C=O) groups excluding carboxylic acids is 1. The number of rotatable bonds is 6. The van der Waals surface area contributed by atoms with Gasteiger partial charge in [-0.1, -0.05) is 11.6 Å². The molecule has 1 aromatic carbocycles. The van der Waals surface area contributed by atoms with Gasteiger partial charge in [0, 0.05) is 11.3 Å². The third-order valence-corrected chi connectivity index (χ3v) is 3.47. The van der Waals surface area contributed by atoms with Crippen LogP contribution in [0.15, 0.2) is 18.2 Å². The molecule has 0 aliphatic carbocycles. The van der Waals surface area contributed by atoms with E-state index in [2.05, 4.69) is 5.32 Å². The minimum atomic E-state index is -3.11. The highest BCUT2D eigenvalue weighted by Crippen LogP contribution is 2.28. The van der Waals surface area contributed by atoms with Crippen LogP contribution in [0.5, 0.6) is 5.75 Å². The van der Waals surface area contributed by atoms with E-state index in [0.717, 1.165) is 6.26 Å². The number of hydrogen-bond donors (Lipinski definition) is 2. The van der Waals surface area contributed by atoms with Crippen LogP contribution in [0.3, 0.4) is 0 Å².